The molecular weight excluding hydrogens is 350 g/mol. The fourth-order valence-electron chi connectivity index (χ4n) is 2.67. The highest BCUT2D eigenvalue weighted by Gasteiger charge is 2.15. The Balaban J connectivity index is 1.78. The van der Waals surface area contributed by atoms with Crippen LogP contribution in [-0.2, 0) is 16.1 Å². The monoisotopic (exact) mass is 374 g/mol. The Morgan fingerprint density at radius 3 is 2.15 bits per heavy atom. The van der Waals surface area contributed by atoms with E-state index in [9.17, 15) is 9.59 Å². The first-order chi connectivity index (χ1) is 12.3. The quantitative estimate of drug-likeness (QED) is 0.691. The molecule has 2 aromatic rings. The summed E-state index contributed by atoms with van der Waals surface area (Å²) in [7, 11) is 1.83. The Hall–Kier alpha value is -2.37. The minimum absolute atomic E-state index is 0.0997. The lowest BCUT2D eigenvalue weighted by atomic mass is 10.1. The average molecular weight is 375 g/mol. The third kappa shape index (κ3) is 6.17. The molecule has 26 heavy (non-hydrogen) atoms. The van der Waals surface area contributed by atoms with E-state index in [1.165, 1.54) is 0 Å². The number of aryl methyl sites for hydroxylation is 2. The number of benzene rings is 2. The zero-order chi connectivity index (χ0) is 19.1. The maximum absolute atomic E-state index is 12.2. The maximum atomic E-state index is 12.2. The number of nitrogens with one attached hydrogen (secondary N) is 3. The number of para-hydroxylation sites is 1. The largest absolute Gasteiger partial charge is 0.347 e. The number of carbonyl (C=O) groups excluding carboxylic acids is 2. The molecule has 0 aliphatic rings. The van der Waals surface area contributed by atoms with Gasteiger partial charge in [-0.05, 0) is 42.7 Å². The van der Waals surface area contributed by atoms with Crippen LogP contribution < -0.4 is 15.5 Å². The first kappa shape index (κ1) is 19.9. The van der Waals surface area contributed by atoms with E-state index in [0.717, 1.165) is 27.3 Å². The topological polar surface area (TPSA) is 62.6 Å². The van der Waals surface area contributed by atoms with Gasteiger partial charge >= 0.3 is 0 Å². The first-order valence-electron chi connectivity index (χ1n) is 8.53. The molecule has 1 unspecified atom stereocenters. The number of hydrogen-bond donors (Lipinski definition) is 3. The normalized spacial score (nSPS) is 11.7. The van der Waals surface area contributed by atoms with E-state index in [2.05, 4.69) is 10.6 Å². The molecule has 0 aromatic heterocycles. The molecule has 2 rings (SSSR count). The summed E-state index contributed by atoms with van der Waals surface area (Å²) in [6, 6.07) is 13.2. The third-order valence-corrected chi connectivity index (χ3v) is 4.33. The first-order valence-corrected chi connectivity index (χ1v) is 8.91. The van der Waals surface area contributed by atoms with Gasteiger partial charge in [0.05, 0.1) is 7.05 Å². The Kier molecular flexibility index (Phi) is 7.18. The third-order valence-electron chi connectivity index (χ3n) is 4.07. The Morgan fingerprint density at radius 1 is 0.962 bits per heavy atom. The Morgan fingerprint density at radius 2 is 1.54 bits per heavy atom. The number of likely N-dealkylation sites (N-methyl/N-ethyl adjacent to an activating group) is 1. The smallest absolute Gasteiger partial charge is 0.279 e. The van der Waals surface area contributed by atoms with Crippen molar-refractivity contribution in [2.75, 3.05) is 25.5 Å². The van der Waals surface area contributed by atoms with Crippen LogP contribution in [0.5, 0.6) is 0 Å². The maximum Gasteiger partial charge on any atom is 0.279 e. The molecule has 1 atom stereocenters. The molecule has 6 heteroatoms. The van der Waals surface area contributed by atoms with E-state index < -0.39 is 0 Å². The lowest BCUT2D eigenvalue weighted by Crippen LogP contribution is -3.11. The van der Waals surface area contributed by atoms with Gasteiger partial charge in [-0.15, -0.1) is 0 Å². The highest BCUT2D eigenvalue weighted by atomic mass is 35.5. The van der Waals surface area contributed by atoms with E-state index in [0.29, 0.717) is 11.6 Å². The van der Waals surface area contributed by atoms with Crippen molar-refractivity contribution in [2.45, 2.75) is 20.4 Å². The van der Waals surface area contributed by atoms with E-state index in [-0.39, 0.29) is 24.9 Å². The molecule has 0 aliphatic heterocycles. The van der Waals surface area contributed by atoms with Gasteiger partial charge in [0, 0.05) is 17.3 Å². The van der Waals surface area contributed by atoms with Crippen molar-refractivity contribution in [3.8, 4) is 0 Å². The Labute approximate surface area is 159 Å². The van der Waals surface area contributed by atoms with Gasteiger partial charge in [0.15, 0.2) is 13.1 Å². The summed E-state index contributed by atoms with van der Waals surface area (Å²) in [6.45, 7) is 4.82. The second-order valence-corrected chi connectivity index (χ2v) is 6.97. The predicted molar refractivity (Wildman–Crippen MR) is 104 cm³/mol. The summed E-state index contributed by atoms with van der Waals surface area (Å²) in [5.41, 5.74) is 3.87. The van der Waals surface area contributed by atoms with Crippen molar-refractivity contribution >= 4 is 29.1 Å². The van der Waals surface area contributed by atoms with Crippen LogP contribution in [0.15, 0.2) is 42.5 Å². The van der Waals surface area contributed by atoms with Crippen LogP contribution in [0.2, 0.25) is 5.02 Å². The van der Waals surface area contributed by atoms with E-state index >= 15 is 0 Å². The fraction of sp³-hybridized carbons (Fsp3) is 0.300. The molecule has 0 heterocycles. The highest BCUT2D eigenvalue weighted by Crippen LogP contribution is 2.18. The molecule has 0 fully saturated rings. The summed E-state index contributed by atoms with van der Waals surface area (Å²) in [6.07, 6.45) is 0. The van der Waals surface area contributed by atoms with Gasteiger partial charge in [-0.2, -0.15) is 0 Å². The molecule has 3 N–H and O–H groups in total. The van der Waals surface area contributed by atoms with Gasteiger partial charge < -0.3 is 15.5 Å². The van der Waals surface area contributed by atoms with Crippen molar-refractivity contribution in [3.63, 3.8) is 0 Å². The molecule has 2 amide bonds. The van der Waals surface area contributed by atoms with Gasteiger partial charge in [0.2, 0.25) is 0 Å². The van der Waals surface area contributed by atoms with Crippen molar-refractivity contribution in [1.29, 1.82) is 0 Å². The zero-order valence-electron chi connectivity index (χ0n) is 15.4. The minimum Gasteiger partial charge on any atom is -0.347 e. The molecule has 0 aliphatic carbocycles. The van der Waals surface area contributed by atoms with Gasteiger partial charge in [-0.25, -0.2) is 0 Å². The number of amides is 2. The summed E-state index contributed by atoms with van der Waals surface area (Å²) in [4.78, 5) is 25.1. The van der Waals surface area contributed by atoms with Crippen LogP contribution in [0.25, 0.3) is 0 Å². The number of anilines is 1. The van der Waals surface area contributed by atoms with Crippen LogP contribution in [-0.4, -0.2) is 32.0 Å². The highest BCUT2D eigenvalue weighted by molar-refractivity contribution is 6.30. The molecule has 0 saturated carbocycles. The van der Waals surface area contributed by atoms with E-state index in [1.807, 2.05) is 51.2 Å². The van der Waals surface area contributed by atoms with Crippen LogP contribution in [0, 0.1) is 13.8 Å². The molecule has 0 spiro atoms. The van der Waals surface area contributed by atoms with Gasteiger partial charge in [0.25, 0.3) is 11.8 Å². The van der Waals surface area contributed by atoms with Crippen LogP contribution in [0.1, 0.15) is 16.7 Å². The lowest BCUT2D eigenvalue weighted by Gasteiger charge is -2.15. The molecule has 5 nitrogen and oxygen atoms in total. The molecule has 0 saturated heterocycles. The SMILES string of the molecule is Cc1cccc(C)c1NC(=O)C[NH+](C)CC(=O)NCc1ccc(Cl)cc1. The predicted octanol–water partition coefficient (Wildman–Crippen LogP) is 1.73. The van der Waals surface area contributed by atoms with Gasteiger partial charge in [-0.1, -0.05) is 41.9 Å². The van der Waals surface area contributed by atoms with Crippen LogP contribution in [0.4, 0.5) is 5.69 Å². The summed E-state index contributed by atoms with van der Waals surface area (Å²) < 4.78 is 0. The zero-order valence-corrected chi connectivity index (χ0v) is 16.1. The van der Waals surface area contributed by atoms with Gasteiger partial charge in [0.1, 0.15) is 0 Å². The van der Waals surface area contributed by atoms with E-state index in [1.54, 1.807) is 12.1 Å². The second-order valence-electron chi connectivity index (χ2n) is 6.53. The number of rotatable bonds is 7. The molecular formula is C20H25ClN3O2+. The van der Waals surface area contributed by atoms with Crippen molar-refractivity contribution in [1.82, 2.24) is 5.32 Å². The van der Waals surface area contributed by atoms with Crippen LogP contribution in [0.3, 0.4) is 0 Å². The lowest BCUT2D eigenvalue weighted by molar-refractivity contribution is -0.862. The fourth-order valence-corrected chi connectivity index (χ4v) is 2.80. The molecule has 0 radical (unpaired) electrons. The summed E-state index contributed by atoms with van der Waals surface area (Å²) in [5.74, 6) is -0.206. The summed E-state index contributed by atoms with van der Waals surface area (Å²) in [5, 5.41) is 6.46. The minimum atomic E-state index is -0.106. The molecule has 2 aromatic carbocycles. The standard InChI is InChI=1S/C20H24ClN3O2/c1-14-5-4-6-15(2)20(14)23-19(26)13-24(3)12-18(25)22-11-16-7-9-17(21)10-8-16/h4-10H,11-13H2,1-3H3,(H,22,25)(H,23,26)/p+1. The van der Waals surface area contributed by atoms with Gasteiger partial charge in [-0.3, -0.25) is 9.59 Å². The van der Waals surface area contributed by atoms with Crippen molar-refractivity contribution in [2.24, 2.45) is 0 Å². The Bertz CT molecular complexity index is 755. The molecule has 138 valence electrons. The number of quaternary nitrogens is 1. The van der Waals surface area contributed by atoms with Crippen molar-refractivity contribution in [3.05, 3.63) is 64.2 Å². The van der Waals surface area contributed by atoms with E-state index in [4.69, 9.17) is 11.6 Å². The summed E-state index contributed by atoms with van der Waals surface area (Å²) >= 11 is 5.84. The molecule has 0 bridgehead atoms. The number of hydrogen-bond acceptors (Lipinski definition) is 2. The average Bonchev–Trinajstić information content (AvgIpc) is 2.57. The van der Waals surface area contributed by atoms with Crippen molar-refractivity contribution < 1.29 is 14.5 Å². The second kappa shape index (κ2) is 9.36. The number of halogens is 1. The number of carbonyl (C=O) groups is 2. The van der Waals surface area contributed by atoms with Crippen LogP contribution >= 0.6 is 11.6 Å².